The number of benzene rings is 1. The van der Waals surface area contributed by atoms with Gasteiger partial charge in [0, 0.05) is 25.8 Å². The number of amides is 2. The molecule has 1 N–H and O–H groups in total. The zero-order valence-electron chi connectivity index (χ0n) is 11.3. The van der Waals surface area contributed by atoms with E-state index in [4.69, 9.17) is 0 Å². The standard InChI is InChI=1S/C14H19N3O2/c1-11(17-9-8-15-13(18)10-17)14(19)16(2)12-6-4-3-5-7-12/h3-7,11H,8-10H2,1-2H3,(H,15,18)/t11-/m0/s1. The molecule has 1 aromatic rings. The molecule has 0 unspecified atom stereocenters. The summed E-state index contributed by atoms with van der Waals surface area (Å²) < 4.78 is 0. The molecule has 1 atom stereocenters. The number of hydrogen-bond donors (Lipinski definition) is 1. The number of anilines is 1. The Morgan fingerprint density at radius 1 is 1.37 bits per heavy atom. The van der Waals surface area contributed by atoms with Crippen molar-refractivity contribution in [1.82, 2.24) is 10.2 Å². The molecule has 1 heterocycles. The second-order valence-corrected chi connectivity index (χ2v) is 4.73. The maximum absolute atomic E-state index is 12.4. The Labute approximate surface area is 113 Å². The molecular formula is C14H19N3O2. The Morgan fingerprint density at radius 3 is 2.68 bits per heavy atom. The van der Waals surface area contributed by atoms with Gasteiger partial charge in [-0.1, -0.05) is 18.2 Å². The summed E-state index contributed by atoms with van der Waals surface area (Å²) in [6.45, 7) is 3.45. The lowest BCUT2D eigenvalue weighted by Crippen LogP contribution is -2.55. The van der Waals surface area contributed by atoms with Gasteiger partial charge in [-0.2, -0.15) is 0 Å². The minimum Gasteiger partial charge on any atom is -0.354 e. The number of para-hydroxylation sites is 1. The van der Waals surface area contributed by atoms with Crippen LogP contribution < -0.4 is 10.2 Å². The van der Waals surface area contributed by atoms with Crippen molar-refractivity contribution in [2.75, 3.05) is 31.6 Å². The number of nitrogens with zero attached hydrogens (tertiary/aromatic N) is 2. The zero-order valence-corrected chi connectivity index (χ0v) is 11.3. The van der Waals surface area contributed by atoms with Gasteiger partial charge in [-0.3, -0.25) is 14.5 Å². The fourth-order valence-electron chi connectivity index (χ4n) is 2.20. The van der Waals surface area contributed by atoms with Crippen molar-refractivity contribution in [3.63, 3.8) is 0 Å². The van der Waals surface area contributed by atoms with E-state index in [9.17, 15) is 9.59 Å². The van der Waals surface area contributed by atoms with Crippen LogP contribution in [0.15, 0.2) is 30.3 Å². The Bertz CT molecular complexity index is 461. The number of nitrogens with one attached hydrogen (secondary N) is 1. The van der Waals surface area contributed by atoms with Gasteiger partial charge in [0.1, 0.15) is 0 Å². The van der Waals surface area contributed by atoms with Gasteiger partial charge in [-0.15, -0.1) is 0 Å². The summed E-state index contributed by atoms with van der Waals surface area (Å²) in [5.41, 5.74) is 0.862. The average molecular weight is 261 g/mol. The van der Waals surface area contributed by atoms with Gasteiger partial charge < -0.3 is 10.2 Å². The first kappa shape index (κ1) is 13.5. The number of likely N-dealkylation sites (N-methyl/N-ethyl adjacent to an activating group) is 1. The number of rotatable bonds is 3. The quantitative estimate of drug-likeness (QED) is 0.860. The minimum atomic E-state index is -0.295. The van der Waals surface area contributed by atoms with Crippen LogP contribution in [0.3, 0.4) is 0 Å². The molecular weight excluding hydrogens is 242 g/mol. The van der Waals surface area contributed by atoms with Gasteiger partial charge in [0.05, 0.1) is 12.6 Å². The minimum absolute atomic E-state index is 0.000833. The van der Waals surface area contributed by atoms with Crippen molar-refractivity contribution in [3.8, 4) is 0 Å². The van der Waals surface area contributed by atoms with Gasteiger partial charge in [0.25, 0.3) is 0 Å². The summed E-state index contributed by atoms with van der Waals surface area (Å²) in [5, 5.41) is 2.76. The molecule has 1 aliphatic rings. The SMILES string of the molecule is C[C@@H](C(=O)N(C)c1ccccc1)N1CCNC(=O)C1. The van der Waals surface area contributed by atoms with Crippen LogP contribution in [0.1, 0.15) is 6.92 Å². The van der Waals surface area contributed by atoms with Gasteiger partial charge in [0.15, 0.2) is 0 Å². The van der Waals surface area contributed by atoms with Gasteiger partial charge >= 0.3 is 0 Å². The van der Waals surface area contributed by atoms with E-state index in [0.29, 0.717) is 13.1 Å². The highest BCUT2D eigenvalue weighted by atomic mass is 16.2. The van der Waals surface area contributed by atoms with E-state index in [2.05, 4.69) is 5.32 Å². The van der Waals surface area contributed by atoms with E-state index >= 15 is 0 Å². The first-order valence-corrected chi connectivity index (χ1v) is 6.43. The van der Waals surface area contributed by atoms with Crippen LogP contribution in [0, 0.1) is 0 Å². The summed E-state index contributed by atoms with van der Waals surface area (Å²) in [6.07, 6.45) is 0. The van der Waals surface area contributed by atoms with Crippen LogP contribution >= 0.6 is 0 Å². The Morgan fingerprint density at radius 2 is 2.05 bits per heavy atom. The molecule has 2 rings (SSSR count). The van der Waals surface area contributed by atoms with E-state index in [0.717, 1.165) is 5.69 Å². The van der Waals surface area contributed by atoms with Crippen molar-refractivity contribution in [2.24, 2.45) is 0 Å². The molecule has 0 aliphatic carbocycles. The molecule has 102 valence electrons. The zero-order chi connectivity index (χ0) is 13.8. The smallest absolute Gasteiger partial charge is 0.243 e. The third kappa shape index (κ3) is 3.12. The van der Waals surface area contributed by atoms with E-state index in [-0.39, 0.29) is 24.4 Å². The highest BCUT2D eigenvalue weighted by Gasteiger charge is 2.28. The van der Waals surface area contributed by atoms with Crippen molar-refractivity contribution in [1.29, 1.82) is 0 Å². The topological polar surface area (TPSA) is 52.7 Å². The third-order valence-corrected chi connectivity index (χ3v) is 3.45. The summed E-state index contributed by atoms with van der Waals surface area (Å²) in [5.74, 6) is -0.0193. The molecule has 5 nitrogen and oxygen atoms in total. The Kier molecular flexibility index (Phi) is 4.16. The monoisotopic (exact) mass is 261 g/mol. The normalized spacial score (nSPS) is 17.7. The molecule has 0 spiro atoms. The highest BCUT2D eigenvalue weighted by molar-refractivity contribution is 5.96. The van der Waals surface area contributed by atoms with Crippen LogP contribution in [-0.4, -0.2) is 49.4 Å². The lowest BCUT2D eigenvalue weighted by atomic mass is 10.2. The Balaban J connectivity index is 2.04. The maximum atomic E-state index is 12.4. The first-order valence-electron chi connectivity index (χ1n) is 6.43. The lowest BCUT2D eigenvalue weighted by molar-refractivity contribution is -0.128. The molecule has 0 saturated carbocycles. The van der Waals surface area contributed by atoms with Crippen LogP contribution in [-0.2, 0) is 9.59 Å². The van der Waals surface area contributed by atoms with Crippen LogP contribution in [0.5, 0.6) is 0 Å². The molecule has 1 aromatic carbocycles. The molecule has 1 aliphatic heterocycles. The van der Waals surface area contributed by atoms with E-state index in [1.807, 2.05) is 42.2 Å². The van der Waals surface area contributed by atoms with Crippen LogP contribution in [0.2, 0.25) is 0 Å². The molecule has 19 heavy (non-hydrogen) atoms. The molecule has 1 fully saturated rings. The van der Waals surface area contributed by atoms with Crippen molar-refractivity contribution in [3.05, 3.63) is 30.3 Å². The lowest BCUT2D eigenvalue weighted by Gasteiger charge is -2.33. The van der Waals surface area contributed by atoms with E-state index in [1.54, 1.807) is 11.9 Å². The number of carbonyl (C=O) groups excluding carboxylic acids is 2. The summed E-state index contributed by atoms with van der Waals surface area (Å²) in [6, 6.07) is 9.22. The van der Waals surface area contributed by atoms with Crippen molar-refractivity contribution in [2.45, 2.75) is 13.0 Å². The molecule has 1 saturated heterocycles. The summed E-state index contributed by atoms with van der Waals surface area (Å²) in [4.78, 5) is 27.3. The van der Waals surface area contributed by atoms with Crippen molar-refractivity contribution < 1.29 is 9.59 Å². The number of piperazine rings is 1. The predicted molar refractivity (Wildman–Crippen MR) is 73.9 cm³/mol. The highest BCUT2D eigenvalue weighted by Crippen LogP contribution is 2.14. The van der Waals surface area contributed by atoms with E-state index in [1.165, 1.54) is 0 Å². The molecule has 0 radical (unpaired) electrons. The molecule has 5 heteroatoms. The van der Waals surface area contributed by atoms with Gasteiger partial charge in [-0.25, -0.2) is 0 Å². The Hall–Kier alpha value is -1.88. The van der Waals surface area contributed by atoms with E-state index < -0.39 is 0 Å². The fraction of sp³-hybridized carbons (Fsp3) is 0.429. The van der Waals surface area contributed by atoms with Gasteiger partial charge in [0.2, 0.25) is 11.8 Å². The average Bonchev–Trinajstić information content (AvgIpc) is 2.46. The largest absolute Gasteiger partial charge is 0.354 e. The first-order chi connectivity index (χ1) is 9.09. The summed E-state index contributed by atoms with van der Waals surface area (Å²) >= 11 is 0. The van der Waals surface area contributed by atoms with Crippen molar-refractivity contribution >= 4 is 17.5 Å². The number of hydrogen-bond acceptors (Lipinski definition) is 3. The van der Waals surface area contributed by atoms with Crippen LogP contribution in [0.4, 0.5) is 5.69 Å². The maximum Gasteiger partial charge on any atom is 0.243 e. The second kappa shape index (κ2) is 5.84. The molecule has 0 aromatic heterocycles. The summed E-state index contributed by atoms with van der Waals surface area (Å²) in [7, 11) is 1.76. The predicted octanol–water partition coefficient (Wildman–Crippen LogP) is 0.470. The molecule has 2 amide bonds. The molecule has 0 bridgehead atoms. The van der Waals surface area contributed by atoms with Gasteiger partial charge in [-0.05, 0) is 19.1 Å². The number of carbonyl (C=O) groups is 2. The fourth-order valence-corrected chi connectivity index (χ4v) is 2.20. The van der Waals surface area contributed by atoms with Crippen LogP contribution in [0.25, 0.3) is 0 Å². The third-order valence-electron chi connectivity index (χ3n) is 3.45. The second-order valence-electron chi connectivity index (χ2n) is 4.73.